The van der Waals surface area contributed by atoms with E-state index in [2.05, 4.69) is 15.5 Å². The Labute approximate surface area is 98.0 Å². The summed E-state index contributed by atoms with van der Waals surface area (Å²) in [5.41, 5.74) is 1.46. The van der Waals surface area contributed by atoms with Gasteiger partial charge in [-0.05, 0) is 6.07 Å². The topological polar surface area (TPSA) is 68.8 Å². The number of hydrazine groups is 1. The first-order valence-electron chi connectivity index (χ1n) is 4.51. The Kier molecular flexibility index (Phi) is 3.03. The summed E-state index contributed by atoms with van der Waals surface area (Å²) in [6, 6.07) is 0.934. The highest BCUT2D eigenvalue weighted by molar-refractivity contribution is 7.15. The lowest BCUT2D eigenvalue weighted by atomic mass is 10.4. The van der Waals surface area contributed by atoms with Crippen molar-refractivity contribution in [1.29, 1.82) is 0 Å². The summed E-state index contributed by atoms with van der Waals surface area (Å²) in [5.74, 6) is 5.14. The van der Waals surface area contributed by atoms with E-state index < -0.39 is 11.9 Å². The predicted octanol–water partition coefficient (Wildman–Crippen LogP) is 1.69. The lowest BCUT2D eigenvalue weighted by Gasteiger charge is -2.01. The largest absolute Gasteiger partial charge is 0.435 e. The van der Waals surface area contributed by atoms with Gasteiger partial charge in [0.05, 0.1) is 6.54 Å². The van der Waals surface area contributed by atoms with Crippen LogP contribution in [0.1, 0.15) is 10.6 Å². The second-order valence-corrected chi connectivity index (χ2v) is 4.29. The van der Waals surface area contributed by atoms with Crippen LogP contribution in [0.3, 0.4) is 0 Å². The Morgan fingerprint density at radius 3 is 2.76 bits per heavy atom. The lowest BCUT2D eigenvalue weighted by Crippen LogP contribution is -2.08. The minimum atomic E-state index is -4.41. The van der Waals surface area contributed by atoms with Crippen LogP contribution in [0, 0.1) is 0 Å². The third-order valence-electron chi connectivity index (χ3n) is 1.93. The van der Waals surface area contributed by atoms with Gasteiger partial charge in [-0.15, -0.1) is 0 Å². The zero-order chi connectivity index (χ0) is 12.5. The third-order valence-corrected chi connectivity index (χ3v) is 2.84. The number of hydrogen-bond donors (Lipinski definition) is 2. The molecule has 0 aliphatic carbocycles. The van der Waals surface area contributed by atoms with Crippen LogP contribution in [0.25, 0.3) is 0 Å². The van der Waals surface area contributed by atoms with Crippen LogP contribution in [-0.2, 0) is 12.7 Å². The third kappa shape index (κ3) is 2.74. The summed E-state index contributed by atoms with van der Waals surface area (Å²) >= 11 is 1.26. The van der Waals surface area contributed by atoms with Crippen molar-refractivity contribution in [2.75, 3.05) is 5.43 Å². The van der Waals surface area contributed by atoms with E-state index in [1.807, 2.05) is 0 Å². The zero-order valence-electron chi connectivity index (χ0n) is 8.40. The number of hydrogen-bond acceptors (Lipinski definition) is 5. The Morgan fingerprint density at radius 1 is 1.47 bits per heavy atom. The number of anilines is 1. The Balaban J connectivity index is 2.11. The number of thiazole rings is 1. The quantitative estimate of drug-likeness (QED) is 0.653. The van der Waals surface area contributed by atoms with Crippen molar-refractivity contribution in [2.45, 2.75) is 12.7 Å². The molecule has 0 amide bonds. The SMILES string of the molecule is NNc1ncc(Cn2ccc(C(F)(F)F)n2)s1. The molecule has 9 heteroatoms. The molecule has 0 radical (unpaired) electrons. The molecule has 0 unspecified atom stereocenters. The van der Waals surface area contributed by atoms with E-state index in [-0.39, 0.29) is 6.54 Å². The fourth-order valence-electron chi connectivity index (χ4n) is 1.21. The van der Waals surface area contributed by atoms with E-state index in [1.54, 1.807) is 0 Å². The van der Waals surface area contributed by atoms with E-state index in [0.717, 1.165) is 10.9 Å². The van der Waals surface area contributed by atoms with Crippen molar-refractivity contribution in [1.82, 2.24) is 14.8 Å². The highest BCUT2D eigenvalue weighted by Crippen LogP contribution is 2.27. The van der Waals surface area contributed by atoms with Crippen molar-refractivity contribution >= 4 is 16.5 Å². The molecule has 0 aromatic carbocycles. The second kappa shape index (κ2) is 4.34. The maximum atomic E-state index is 12.3. The number of nitrogens with zero attached hydrogens (tertiary/aromatic N) is 3. The van der Waals surface area contributed by atoms with Crippen molar-refractivity contribution in [3.05, 3.63) is 29.0 Å². The van der Waals surface area contributed by atoms with Crippen LogP contribution in [0.4, 0.5) is 18.3 Å². The molecular formula is C8H8F3N5S. The number of rotatable bonds is 3. The maximum absolute atomic E-state index is 12.3. The summed E-state index contributed by atoms with van der Waals surface area (Å²) in [6.45, 7) is 0.232. The molecule has 92 valence electrons. The second-order valence-electron chi connectivity index (χ2n) is 3.17. The van der Waals surface area contributed by atoms with E-state index in [0.29, 0.717) is 5.13 Å². The van der Waals surface area contributed by atoms with Crippen LogP contribution in [0.2, 0.25) is 0 Å². The Bertz CT molecular complexity index is 503. The van der Waals surface area contributed by atoms with E-state index >= 15 is 0 Å². The molecule has 5 nitrogen and oxygen atoms in total. The molecule has 2 heterocycles. The average Bonchev–Trinajstić information content (AvgIpc) is 2.86. The highest BCUT2D eigenvalue weighted by Gasteiger charge is 2.33. The molecule has 17 heavy (non-hydrogen) atoms. The number of nitrogen functional groups attached to an aromatic ring is 1. The fraction of sp³-hybridized carbons (Fsp3) is 0.250. The number of halogens is 3. The smallest absolute Gasteiger partial charge is 0.300 e. The molecule has 0 saturated carbocycles. The van der Waals surface area contributed by atoms with Crippen LogP contribution >= 0.6 is 11.3 Å². The molecule has 3 N–H and O–H groups in total. The van der Waals surface area contributed by atoms with Gasteiger partial charge in [0.1, 0.15) is 0 Å². The van der Waals surface area contributed by atoms with Crippen LogP contribution in [0.5, 0.6) is 0 Å². The van der Waals surface area contributed by atoms with Crippen molar-refractivity contribution < 1.29 is 13.2 Å². The van der Waals surface area contributed by atoms with Gasteiger partial charge in [-0.3, -0.25) is 10.1 Å². The molecule has 0 fully saturated rings. The standard InChI is InChI=1S/C8H8F3N5S/c9-8(10,11)6-1-2-16(15-6)4-5-3-13-7(14-12)17-5/h1-3H,4,12H2,(H,13,14). The fourth-order valence-corrected chi connectivity index (χ4v) is 1.92. The van der Waals surface area contributed by atoms with Gasteiger partial charge in [0, 0.05) is 17.3 Å². The number of nitrogens with one attached hydrogen (secondary N) is 1. The van der Waals surface area contributed by atoms with E-state index in [1.165, 1.54) is 28.4 Å². The van der Waals surface area contributed by atoms with Gasteiger partial charge in [-0.1, -0.05) is 11.3 Å². The minimum absolute atomic E-state index is 0.232. The van der Waals surface area contributed by atoms with E-state index in [9.17, 15) is 13.2 Å². The first-order valence-corrected chi connectivity index (χ1v) is 5.32. The number of alkyl halides is 3. The molecule has 0 aliphatic heterocycles. The van der Waals surface area contributed by atoms with Crippen molar-refractivity contribution in [3.8, 4) is 0 Å². The van der Waals surface area contributed by atoms with Gasteiger partial charge >= 0.3 is 6.18 Å². The highest BCUT2D eigenvalue weighted by atomic mass is 32.1. The molecule has 2 aromatic heterocycles. The molecule has 2 aromatic rings. The molecule has 0 saturated heterocycles. The number of nitrogens with two attached hydrogens (primary N) is 1. The monoisotopic (exact) mass is 263 g/mol. The molecule has 0 spiro atoms. The minimum Gasteiger partial charge on any atom is -0.300 e. The Morgan fingerprint density at radius 2 is 2.24 bits per heavy atom. The van der Waals surface area contributed by atoms with Gasteiger partial charge in [0.15, 0.2) is 10.8 Å². The summed E-state index contributed by atoms with van der Waals surface area (Å²) < 4.78 is 38.1. The van der Waals surface area contributed by atoms with E-state index in [4.69, 9.17) is 5.84 Å². The lowest BCUT2D eigenvalue weighted by molar-refractivity contribution is -0.141. The average molecular weight is 263 g/mol. The first-order chi connectivity index (χ1) is 7.99. The molecule has 0 atom stereocenters. The van der Waals surface area contributed by atoms with Crippen molar-refractivity contribution in [3.63, 3.8) is 0 Å². The molecule has 0 aliphatic rings. The molecule has 2 rings (SSSR count). The predicted molar refractivity (Wildman–Crippen MR) is 56.3 cm³/mol. The summed E-state index contributed by atoms with van der Waals surface area (Å²) in [5, 5.41) is 3.93. The maximum Gasteiger partial charge on any atom is 0.435 e. The van der Waals surface area contributed by atoms with Gasteiger partial charge in [-0.25, -0.2) is 10.8 Å². The number of aromatic nitrogens is 3. The summed E-state index contributed by atoms with van der Waals surface area (Å²) in [4.78, 5) is 4.66. The Hall–Kier alpha value is -1.61. The van der Waals surface area contributed by atoms with Gasteiger partial charge in [0.2, 0.25) is 0 Å². The summed E-state index contributed by atoms with van der Waals surface area (Å²) in [7, 11) is 0. The zero-order valence-corrected chi connectivity index (χ0v) is 9.22. The van der Waals surface area contributed by atoms with Crippen molar-refractivity contribution in [2.24, 2.45) is 5.84 Å². The van der Waals surface area contributed by atoms with Gasteiger partial charge in [-0.2, -0.15) is 18.3 Å². The molecular weight excluding hydrogens is 255 g/mol. The normalized spacial score (nSPS) is 11.8. The summed E-state index contributed by atoms with van der Waals surface area (Å²) in [6.07, 6.45) is -1.60. The van der Waals surface area contributed by atoms with Crippen LogP contribution in [-0.4, -0.2) is 14.8 Å². The van der Waals surface area contributed by atoms with Crippen LogP contribution in [0.15, 0.2) is 18.5 Å². The first kappa shape index (κ1) is 11.9. The molecule has 0 bridgehead atoms. The van der Waals surface area contributed by atoms with Crippen LogP contribution < -0.4 is 11.3 Å². The van der Waals surface area contributed by atoms with Gasteiger partial charge < -0.3 is 0 Å². The van der Waals surface area contributed by atoms with Gasteiger partial charge in [0.25, 0.3) is 0 Å².